The molecule has 0 aliphatic heterocycles. The SMILES string of the molecule is O=C1C=C(c2ccccc2)C(CC(=O)c2ccccc2)C1. The summed E-state index contributed by atoms with van der Waals surface area (Å²) >= 11 is 0. The van der Waals surface area contributed by atoms with E-state index in [1.165, 1.54) is 0 Å². The number of benzene rings is 2. The first-order valence-electron chi connectivity index (χ1n) is 7.12. The quantitative estimate of drug-likeness (QED) is 0.793. The Hall–Kier alpha value is -2.48. The van der Waals surface area contributed by atoms with E-state index >= 15 is 0 Å². The number of allylic oxidation sites excluding steroid dienone is 2. The number of ketones is 2. The number of carbonyl (C=O) groups is 2. The molecule has 104 valence electrons. The van der Waals surface area contributed by atoms with Gasteiger partial charge in [-0.1, -0.05) is 60.7 Å². The highest BCUT2D eigenvalue weighted by Crippen LogP contribution is 2.35. The predicted octanol–water partition coefficient (Wildman–Crippen LogP) is 3.93. The van der Waals surface area contributed by atoms with Gasteiger partial charge in [0.1, 0.15) is 0 Å². The van der Waals surface area contributed by atoms with Crippen molar-refractivity contribution in [2.75, 3.05) is 0 Å². The Kier molecular flexibility index (Phi) is 3.78. The van der Waals surface area contributed by atoms with Gasteiger partial charge in [0.15, 0.2) is 11.6 Å². The van der Waals surface area contributed by atoms with E-state index in [1.807, 2.05) is 60.7 Å². The molecule has 2 aromatic rings. The van der Waals surface area contributed by atoms with E-state index in [4.69, 9.17) is 0 Å². The third kappa shape index (κ3) is 3.00. The summed E-state index contributed by atoms with van der Waals surface area (Å²) in [5.41, 5.74) is 2.74. The average molecular weight is 276 g/mol. The fraction of sp³-hybridized carbons (Fsp3) is 0.158. The van der Waals surface area contributed by atoms with E-state index in [0.29, 0.717) is 18.4 Å². The molecule has 0 saturated carbocycles. The van der Waals surface area contributed by atoms with Gasteiger partial charge in [0, 0.05) is 18.4 Å². The summed E-state index contributed by atoms with van der Waals surface area (Å²) in [7, 11) is 0. The summed E-state index contributed by atoms with van der Waals surface area (Å²) in [5, 5.41) is 0. The van der Waals surface area contributed by atoms with Gasteiger partial charge in [0.25, 0.3) is 0 Å². The van der Waals surface area contributed by atoms with Crippen molar-refractivity contribution < 1.29 is 9.59 Å². The summed E-state index contributed by atoms with van der Waals surface area (Å²) in [4.78, 5) is 24.1. The predicted molar refractivity (Wildman–Crippen MR) is 82.9 cm³/mol. The largest absolute Gasteiger partial charge is 0.295 e. The van der Waals surface area contributed by atoms with Crippen LogP contribution in [-0.4, -0.2) is 11.6 Å². The Morgan fingerprint density at radius 2 is 1.57 bits per heavy atom. The standard InChI is InChI=1S/C19H16O2/c20-17-11-16(12-19(21)15-9-5-2-6-10-15)18(13-17)14-7-3-1-4-8-14/h1-10,13,16H,11-12H2. The normalized spacial score (nSPS) is 17.6. The van der Waals surface area contributed by atoms with Crippen LogP contribution in [0, 0.1) is 5.92 Å². The molecule has 2 heteroatoms. The first-order valence-corrected chi connectivity index (χ1v) is 7.12. The molecule has 0 spiro atoms. The summed E-state index contributed by atoms with van der Waals surface area (Å²) in [6.45, 7) is 0. The number of rotatable bonds is 4. The van der Waals surface area contributed by atoms with Crippen LogP contribution in [-0.2, 0) is 4.79 Å². The number of hydrogen-bond acceptors (Lipinski definition) is 2. The Bertz CT molecular complexity index is 684. The second kappa shape index (κ2) is 5.88. The molecular formula is C19H16O2. The van der Waals surface area contributed by atoms with Gasteiger partial charge >= 0.3 is 0 Å². The average Bonchev–Trinajstić information content (AvgIpc) is 2.89. The molecule has 1 aliphatic rings. The molecule has 0 fully saturated rings. The van der Waals surface area contributed by atoms with Gasteiger partial charge < -0.3 is 0 Å². The van der Waals surface area contributed by atoms with Crippen molar-refractivity contribution in [1.29, 1.82) is 0 Å². The van der Waals surface area contributed by atoms with Crippen LogP contribution < -0.4 is 0 Å². The maximum atomic E-state index is 12.3. The van der Waals surface area contributed by atoms with Gasteiger partial charge in [-0.3, -0.25) is 9.59 Å². The van der Waals surface area contributed by atoms with E-state index in [0.717, 1.165) is 11.1 Å². The smallest absolute Gasteiger partial charge is 0.163 e. The molecular weight excluding hydrogens is 260 g/mol. The van der Waals surface area contributed by atoms with Crippen molar-refractivity contribution in [3.8, 4) is 0 Å². The number of carbonyl (C=O) groups excluding carboxylic acids is 2. The van der Waals surface area contributed by atoms with E-state index in [2.05, 4.69) is 0 Å². The fourth-order valence-electron chi connectivity index (χ4n) is 2.80. The Labute approximate surface area is 124 Å². The van der Waals surface area contributed by atoms with Crippen LogP contribution in [0.15, 0.2) is 66.7 Å². The molecule has 0 radical (unpaired) electrons. The second-order valence-electron chi connectivity index (χ2n) is 5.33. The summed E-state index contributed by atoms with van der Waals surface area (Å²) in [5.74, 6) is 0.199. The van der Waals surface area contributed by atoms with Gasteiger partial charge in [-0.05, 0) is 23.1 Å². The van der Waals surface area contributed by atoms with Crippen LogP contribution in [0.1, 0.15) is 28.8 Å². The van der Waals surface area contributed by atoms with Crippen LogP contribution in [0.3, 0.4) is 0 Å². The lowest BCUT2D eigenvalue weighted by Gasteiger charge is -2.14. The maximum Gasteiger partial charge on any atom is 0.163 e. The fourth-order valence-corrected chi connectivity index (χ4v) is 2.80. The van der Waals surface area contributed by atoms with Crippen LogP contribution in [0.25, 0.3) is 5.57 Å². The van der Waals surface area contributed by atoms with E-state index in [9.17, 15) is 9.59 Å². The summed E-state index contributed by atoms with van der Waals surface area (Å²) in [6, 6.07) is 19.1. The lowest BCUT2D eigenvalue weighted by atomic mass is 9.89. The zero-order valence-electron chi connectivity index (χ0n) is 11.7. The van der Waals surface area contributed by atoms with Crippen molar-refractivity contribution in [3.63, 3.8) is 0 Å². The topological polar surface area (TPSA) is 34.1 Å². The zero-order valence-corrected chi connectivity index (χ0v) is 11.7. The molecule has 21 heavy (non-hydrogen) atoms. The lowest BCUT2D eigenvalue weighted by molar-refractivity contribution is -0.114. The molecule has 2 nitrogen and oxygen atoms in total. The minimum atomic E-state index is -0.00685. The van der Waals surface area contributed by atoms with Crippen LogP contribution in [0.5, 0.6) is 0 Å². The van der Waals surface area contributed by atoms with Gasteiger partial charge in [-0.2, -0.15) is 0 Å². The highest BCUT2D eigenvalue weighted by molar-refractivity contribution is 6.05. The van der Waals surface area contributed by atoms with Crippen LogP contribution >= 0.6 is 0 Å². The monoisotopic (exact) mass is 276 g/mol. The molecule has 0 amide bonds. The lowest BCUT2D eigenvalue weighted by Crippen LogP contribution is -2.09. The molecule has 3 rings (SSSR count). The molecule has 0 heterocycles. The third-order valence-electron chi connectivity index (χ3n) is 3.84. The van der Waals surface area contributed by atoms with E-state index in [-0.39, 0.29) is 17.5 Å². The molecule has 0 aromatic heterocycles. The van der Waals surface area contributed by atoms with Crippen molar-refractivity contribution in [1.82, 2.24) is 0 Å². The molecule has 1 unspecified atom stereocenters. The Morgan fingerprint density at radius 3 is 2.24 bits per heavy atom. The number of hydrogen-bond donors (Lipinski definition) is 0. The van der Waals surface area contributed by atoms with E-state index in [1.54, 1.807) is 6.08 Å². The van der Waals surface area contributed by atoms with E-state index < -0.39 is 0 Å². The Morgan fingerprint density at radius 1 is 0.952 bits per heavy atom. The van der Waals surface area contributed by atoms with Crippen LogP contribution in [0.2, 0.25) is 0 Å². The maximum absolute atomic E-state index is 12.3. The highest BCUT2D eigenvalue weighted by atomic mass is 16.1. The molecule has 0 N–H and O–H groups in total. The molecule has 1 atom stereocenters. The van der Waals surface area contributed by atoms with Crippen molar-refractivity contribution >= 4 is 17.1 Å². The molecule has 1 aliphatic carbocycles. The van der Waals surface area contributed by atoms with Crippen molar-refractivity contribution in [2.45, 2.75) is 12.8 Å². The first kappa shape index (κ1) is 13.5. The molecule has 2 aromatic carbocycles. The zero-order chi connectivity index (χ0) is 14.7. The number of Topliss-reactive ketones (excluding diaryl/α,β-unsaturated/α-hetero) is 1. The summed E-state index contributed by atoms with van der Waals surface area (Å²) in [6.07, 6.45) is 2.51. The summed E-state index contributed by atoms with van der Waals surface area (Å²) < 4.78 is 0. The van der Waals surface area contributed by atoms with Gasteiger partial charge in [-0.15, -0.1) is 0 Å². The minimum Gasteiger partial charge on any atom is -0.295 e. The molecule has 0 saturated heterocycles. The van der Waals surface area contributed by atoms with Crippen LogP contribution in [0.4, 0.5) is 0 Å². The second-order valence-corrected chi connectivity index (χ2v) is 5.33. The van der Waals surface area contributed by atoms with Crippen molar-refractivity contribution in [2.24, 2.45) is 5.92 Å². The first-order chi connectivity index (χ1) is 10.2. The van der Waals surface area contributed by atoms with Gasteiger partial charge in [-0.25, -0.2) is 0 Å². The van der Waals surface area contributed by atoms with Gasteiger partial charge in [0.05, 0.1) is 0 Å². The highest BCUT2D eigenvalue weighted by Gasteiger charge is 2.28. The van der Waals surface area contributed by atoms with Gasteiger partial charge in [0.2, 0.25) is 0 Å². The minimum absolute atomic E-state index is 0.00685. The van der Waals surface area contributed by atoms with Crippen molar-refractivity contribution in [3.05, 3.63) is 77.9 Å². The Balaban J connectivity index is 1.81. The third-order valence-corrected chi connectivity index (χ3v) is 3.84. The molecule has 0 bridgehead atoms.